The summed E-state index contributed by atoms with van der Waals surface area (Å²) in [6, 6.07) is 6.16. The fourth-order valence-corrected chi connectivity index (χ4v) is 1.24. The van der Waals surface area contributed by atoms with Gasteiger partial charge in [0.15, 0.2) is 17.2 Å². The molecule has 0 atom stereocenters. The predicted molar refractivity (Wildman–Crippen MR) is 57.5 cm³/mol. The summed E-state index contributed by atoms with van der Waals surface area (Å²) in [4.78, 5) is 21.3. The number of halogens is 1. The van der Waals surface area contributed by atoms with E-state index >= 15 is 0 Å². The number of aliphatic hydroxyl groups is 1. The Bertz CT molecular complexity index is 440. The van der Waals surface area contributed by atoms with Crippen molar-refractivity contribution in [2.75, 3.05) is 0 Å². The van der Waals surface area contributed by atoms with E-state index in [9.17, 15) is 14.8 Å². The van der Waals surface area contributed by atoms with Crippen LogP contribution in [-0.4, -0.2) is 10.9 Å². The Labute approximate surface area is 91.2 Å². The van der Waals surface area contributed by atoms with Crippen molar-refractivity contribution in [3.05, 3.63) is 45.5 Å². The van der Waals surface area contributed by atoms with Crippen LogP contribution in [0.1, 0.15) is 12.5 Å². The van der Waals surface area contributed by atoms with Gasteiger partial charge in [-0.25, -0.2) is 0 Å². The maximum atomic E-state index is 10.9. The summed E-state index contributed by atoms with van der Waals surface area (Å²) >= 11 is 5.69. The summed E-state index contributed by atoms with van der Waals surface area (Å²) < 4.78 is 0. The molecule has 0 radical (unpaired) electrons. The topological polar surface area (TPSA) is 66.7 Å². The van der Waals surface area contributed by atoms with Crippen LogP contribution in [0.5, 0.6) is 0 Å². The molecule has 0 heterocycles. The summed E-state index contributed by atoms with van der Waals surface area (Å²) in [5.41, 5.74) is -0.218. The van der Waals surface area contributed by atoms with E-state index in [1.807, 2.05) is 0 Å². The number of carbonyl (C=O) groups is 1. The van der Waals surface area contributed by atoms with E-state index in [2.05, 4.69) is 5.18 Å². The molecule has 1 aromatic rings. The first-order valence-electron chi connectivity index (χ1n) is 4.09. The van der Waals surface area contributed by atoms with Crippen molar-refractivity contribution < 1.29 is 9.90 Å². The Hall–Kier alpha value is -1.68. The second-order valence-corrected chi connectivity index (χ2v) is 3.29. The minimum Gasteiger partial charge on any atom is -0.505 e. The van der Waals surface area contributed by atoms with Gasteiger partial charge in [0.25, 0.3) is 0 Å². The van der Waals surface area contributed by atoms with Gasteiger partial charge in [-0.3, -0.25) is 4.79 Å². The second kappa shape index (κ2) is 4.70. The predicted octanol–water partition coefficient (Wildman–Crippen LogP) is 2.92. The van der Waals surface area contributed by atoms with Gasteiger partial charge in [0, 0.05) is 17.5 Å². The fourth-order valence-electron chi connectivity index (χ4n) is 1.05. The van der Waals surface area contributed by atoms with Crippen LogP contribution in [0.15, 0.2) is 35.1 Å². The smallest absolute Gasteiger partial charge is 0.192 e. The summed E-state index contributed by atoms with van der Waals surface area (Å²) in [6.45, 7) is 1.15. The number of nitrogens with zero attached hydrogens (tertiary/aromatic N) is 1. The lowest BCUT2D eigenvalue weighted by Gasteiger charge is -2.01. The number of benzene rings is 1. The highest BCUT2D eigenvalue weighted by molar-refractivity contribution is 6.30. The van der Waals surface area contributed by atoms with Gasteiger partial charge in [-0.15, -0.1) is 4.91 Å². The van der Waals surface area contributed by atoms with Crippen LogP contribution in [0, 0.1) is 4.91 Å². The average molecular weight is 226 g/mol. The monoisotopic (exact) mass is 225 g/mol. The highest BCUT2D eigenvalue weighted by Gasteiger charge is 2.13. The molecule has 5 heteroatoms. The largest absolute Gasteiger partial charge is 0.505 e. The Balaban J connectivity index is 3.28. The van der Waals surface area contributed by atoms with Crippen LogP contribution in [0.2, 0.25) is 5.02 Å². The lowest BCUT2D eigenvalue weighted by atomic mass is 10.1. The quantitative estimate of drug-likeness (QED) is 0.489. The molecule has 1 rings (SSSR count). The van der Waals surface area contributed by atoms with E-state index in [1.165, 1.54) is 12.1 Å². The molecule has 0 amide bonds. The minimum absolute atomic E-state index is 0.285. The summed E-state index contributed by atoms with van der Waals surface area (Å²) in [6.07, 6.45) is 0. The van der Waals surface area contributed by atoms with Gasteiger partial charge in [-0.2, -0.15) is 0 Å². The van der Waals surface area contributed by atoms with Crippen molar-refractivity contribution in [2.45, 2.75) is 6.92 Å². The molecule has 1 aromatic carbocycles. The molecule has 0 aromatic heterocycles. The Morgan fingerprint density at radius 3 is 2.60 bits per heavy atom. The summed E-state index contributed by atoms with van der Waals surface area (Å²) in [7, 11) is 0. The maximum absolute atomic E-state index is 10.9. The normalized spacial score (nSPS) is 11.9. The molecule has 0 aliphatic rings. The minimum atomic E-state index is -0.595. The number of hydrogen-bond acceptors (Lipinski definition) is 4. The van der Waals surface area contributed by atoms with E-state index in [0.717, 1.165) is 6.92 Å². The fraction of sp³-hybridized carbons (Fsp3) is 0.100. The first-order valence-corrected chi connectivity index (χ1v) is 4.47. The molecule has 0 fully saturated rings. The van der Waals surface area contributed by atoms with Gasteiger partial charge in [0.05, 0.1) is 0 Å². The van der Waals surface area contributed by atoms with Gasteiger partial charge >= 0.3 is 0 Å². The third-order valence-corrected chi connectivity index (χ3v) is 1.98. The van der Waals surface area contributed by atoms with Crippen LogP contribution < -0.4 is 0 Å². The zero-order valence-corrected chi connectivity index (χ0v) is 8.65. The van der Waals surface area contributed by atoms with Crippen LogP contribution in [0.3, 0.4) is 0 Å². The molecular formula is C10H8ClNO3. The van der Waals surface area contributed by atoms with Crippen molar-refractivity contribution in [3.63, 3.8) is 0 Å². The van der Waals surface area contributed by atoms with E-state index < -0.39 is 17.2 Å². The molecule has 0 spiro atoms. The van der Waals surface area contributed by atoms with Crippen LogP contribution in [0.25, 0.3) is 5.76 Å². The summed E-state index contributed by atoms with van der Waals surface area (Å²) in [5.74, 6) is -1.05. The molecule has 1 N–H and O–H groups in total. The number of ketones is 1. The van der Waals surface area contributed by atoms with Crippen molar-refractivity contribution in [1.29, 1.82) is 0 Å². The zero-order valence-electron chi connectivity index (χ0n) is 7.90. The molecule has 78 valence electrons. The SMILES string of the molecule is CC(=O)/C(N=O)=C(\O)c1cccc(Cl)c1. The van der Waals surface area contributed by atoms with Gasteiger partial charge < -0.3 is 5.11 Å². The van der Waals surface area contributed by atoms with Crippen molar-refractivity contribution in [2.24, 2.45) is 5.18 Å². The molecular weight excluding hydrogens is 218 g/mol. The molecule has 0 saturated carbocycles. The lowest BCUT2D eigenvalue weighted by molar-refractivity contribution is -0.113. The van der Waals surface area contributed by atoms with E-state index in [0.29, 0.717) is 5.02 Å². The molecule has 0 saturated heterocycles. The van der Waals surface area contributed by atoms with Gasteiger partial charge in [-0.1, -0.05) is 23.7 Å². The molecule has 0 unspecified atom stereocenters. The number of rotatable bonds is 3. The maximum Gasteiger partial charge on any atom is 0.192 e. The first kappa shape index (κ1) is 11.4. The van der Waals surface area contributed by atoms with Crippen molar-refractivity contribution in [3.8, 4) is 0 Å². The standard InChI is InChI=1S/C10H8ClNO3/c1-6(13)9(12-15)10(14)7-3-2-4-8(11)5-7/h2-5,14H,1H3/b10-9+. The Morgan fingerprint density at radius 2 is 2.13 bits per heavy atom. The molecule has 4 nitrogen and oxygen atoms in total. The average Bonchev–Trinajstić information content (AvgIpc) is 2.18. The zero-order chi connectivity index (χ0) is 11.4. The number of hydrogen-bond donors (Lipinski definition) is 1. The van der Waals surface area contributed by atoms with Gasteiger partial charge in [-0.05, 0) is 17.3 Å². The number of carbonyl (C=O) groups excluding carboxylic acids is 1. The summed E-state index contributed by atoms with van der Waals surface area (Å²) in [5, 5.41) is 12.5. The Kier molecular flexibility index (Phi) is 3.57. The number of allylic oxidation sites excluding steroid dienone is 1. The molecule has 0 aliphatic heterocycles. The lowest BCUT2D eigenvalue weighted by Crippen LogP contribution is -1.98. The molecule has 0 aliphatic carbocycles. The number of nitroso groups, excluding NO2 is 1. The van der Waals surface area contributed by atoms with Crippen molar-refractivity contribution in [1.82, 2.24) is 0 Å². The molecule has 0 bridgehead atoms. The highest BCUT2D eigenvalue weighted by Crippen LogP contribution is 2.20. The van der Waals surface area contributed by atoms with Gasteiger partial charge in [0.1, 0.15) is 0 Å². The van der Waals surface area contributed by atoms with Crippen molar-refractivity contribution >= 4 is 23.1 Å². The van der Waals surface area contributed by atoms with E-state index in [1.54, 1.807) is 12.1 Å². The van der Waals surface area contributed by atoms with E-state index in [-0.39, 0.29) is 5.56 Å². The Morgan fingerprint density at radius 1 is 1.47 bits per heavy atom. The number of aliphatic hydroxyl groups excluding tert-OH is 1. The van der Waals surface area contributed by atoms with E-state index in [4.69, 9.17) is 11.6 Å². The second-order valence-electron chi connectivity index (χ2n) is 2.86. The van der Waals surface area contributed by atoms with Crippen LogP contribution in [-0.2, 0) is 4.79 Å². The van der Waals surface area contributed by atoms with Gasteiger partial charge in [0.2, 0.25) is 0 Å². The highest BCUT2D eigenvalue weighted by atomic mass is 35.5. The van der Waals surface area contributed by atoms with Crippen LogP contribution in [0.4, 0.5) is 0 Å². The van der Waals surface area contributed by atoms with Crippen LogP contribution >= 0.6 is 11.6 Å². The molecule has 15 heavy (non-hydrogen) atoms. The number of Topliss-reactive ketones (excluding diaryl/α,β-unsaturated/α-hetero) is 1. The third-order valence-electron chi connectivity index (χ3n) is 1.75. The third kappa shape index (κ3) is 2.63. The first-order chi connectivity index (χ1) is 7.06.